The summed E-state index contributed by atoms with van der Waals surface area (Å²) in [6.07, 6.45) is 1.55. The van der Waals surface area contributed by atoms with Gasteiger partial charge in [-0.05, 0) is 31.4 Å². The molecule has 0 unspecified atom stereocenters. The number of hydrogen-bond acceptors (Lipinski definition) is 3. The summed E-state index contributed by atoms with van der Waals surface area (Å²) in [7, 11) is -3.78. The fourth-order valence-corrected chi connectivity index (χ4v) is 3.57. The number of aliphatic carboxylic acids is 1. The van der Waals surface area contributed by atoms with Gasteiger partial charge in [0, 0.05) is 6.54 Å². The lowest BCUT2D eigenvalue weighted by atomic mass is 10.0. The SMILES string of the molecule is Cc1ccc2c(c1)CCCN2S(=O)(=O)CC(=O)O. The maximum Gasteiger partial charge on any atom is 0.320 e. The Balaban J connectivity index is 2.42. The van der Waals surface area contributed by atoms with E-state index in [9.17, 15) is 13.2 Å². The van der Waals surface area contributed by atoms with Gasteiger partial charge in [-0.3, -0.25) is 9.10 Å². The second-order valence-electron chi connectivity index (χ2n) is 4.46. The number of aryl methyl sites for hydroxylation is 2. The van der Waals surface area contributed by atoms with Gasteiger partial charge in [0.2, 0.25) is 10.0 Å². The molecule has 0 bridgehead atoms. The van der Waals surface area contributed by atoms with Crippen molar-refractivity contribution >= 4 is 21.7 Å². The standard InChI is InChI=1S/C12H15NO4S/c1-9-4-5-11-10(7-9)3-2-6-13(11)18(16,17)8-12(14)15/h4-5,7H,2-3,6,8H2,1H3,(H,14,15). The normalized spacial score (nSPS) is 15.3. The van der Waals surface area contributed by atoms with Crippen LogP contribution in [0.4, 0.5) is 5.69 Å². The van der Waals surface area contributed by atoms with Crippen LogP contribution in [0.3, 0.4) is 0 Å². The number of carboxylic acid groups (broad SMARTS) is 1. The Morgan fingerprint density at radius 2 is 2.17 bits per heavy atom. The number of carboxylic acids is 1. The van der Waals surface area contributed by atoms with Crippen LogP contribution in [0.25, 0.3) is 0 Å². The number of sulfonamides is 1. The fraction of sp³-hybridized carbons (Fsp3) is 0.417. The van der Waals surface area contributed by atoms with Gasteiger partial charge in [0.1, 0.15) is 0 Å². The fourth-order valence-electron chi connectivity index (χ4n) is 2.21. The summed E-state index contributed by atoms with van der Waals surface area (Å²) < 4.78 is 25.2. The molecule has 0 atom stereocenters. The van der Waals surface area contributed by atoms with Gasteiger partial charge in [0.05, 0.1) is 5.69 Å². The minimum Gasteiger partial charge on any atom is -0.480 e. The number of hydrogen-bond donors (Lipinski definition) is 1. The Morgan fingerprint density at radius 1 is 1.44 bits per heavy atom. The number of benzene rings is 1. The molecule has 1 aromatic carbocycles. The number of nitrogens with zero attached hydrogens (tertiary/aromatic N) is 1. The molecule has 5 nitrogen and oxygen atoms in total. The van der Waals surface area contributed by atoms with Crippen molar-refractivity contribution in [2.75, 3.05) is 16.6 Å². The third-order valence-corrected chi connectivity index (χ3v) is 4.62. The second kappa shape index (κ2) is 4.61. The number of carbonyl (C=O) groups is 1. The quantitative estimate of drug-likeness (QED) is 0.893. The zero-order valence-electron chi connectivity index (χ0n) is 10.1. The van der Waals surface area contributed by atoms with Gasteiger partial charge in [-0.1, -0.05) is 17.7 Å². The molecule has 1 aromatic rings. The van der Waals surface area contributed by atoms with Crippen molar-refractivity contribution in [1.29, 1.82) is 0 Å². The highest BCUT2D eigenvalue weighted by Gasteiger charge is 2.29. The van der Waals surface area contributed by atoms with Crippen molar-refractivity contribution in [3.63, 3.8) is 0 Å². The van der Waals surface area contributed by atoms with Crippen molar-refractivity contribution in [3.05, 3.63) is 29.3 Å². The van der Waals surface area contributed by atoms with E-state index in [2.05, 4.69) is 0 Å². The summed E-state index contributed by atoms with van der Waals surface area (Å²) in [4.78, 5) is 10.6. The predicted octanol–water partition coefficient (Wildman–Crippen LogP) is 1.16. The Kier molecular flexibility index (Phi) is 3.30. The molecule has 98 valence electrons. The summed E-state index contributed by atoms with van der Waals surface area (Å²) in [6, 6.07) is 5.55. The molecule has 1 aliphatic heterocycles. The van der Waals surface area contributed by atoms with Crippen molar-refractivity contribution in [2.24, 2.45) is 0 Å². The predicted molar refractivity (Wildman–Crippen MR) is 68.3 cm³/mol. The first kappa shape index (κ1) is 12.9. The van der Waals surface area contributed by atoms with Gasteiger partial charge in [0.15, 0.2) is 5.75 Å². The summed E-state index contributed by atoms with van der Waals surface area (Å²) in [5, 5.41) is 8.67. The van der Waals surface area contributed by atoms with Crippen molar-refractivity contribution in [2.45, 2.75) is 19.8 Å². The van der Waals surface area contributed by atoms with Crippen LogP contribution in [0.15, 0.2) is 18.2 Å². The molecule has 1 aliphatic rings. The molecule has 0 saturated heterocycles. The lowest BCUT2D eigenvalue weighted by molar-refractivity contribution is -0.134. The largest absolute Gasteiger partial charge is 0.480 e. The maximum absolute atomic E-state index is 12.0. The van der Waals surface area contributed by atoms with E-state index in [0.29, 0.717) is 12.2 Å². The zero-order valence-corrected chi connectivity index (χ0v) is 10.9. The van der Waals surface area contributed by atoms with Gasteiger partial charge in [-0.25, -0.2) is 8.42 Å². The van der Waals surface area contributed by atoms with E-state index in [-0.39, 0.29) is 0 Å². The second-order valence-corrected chi connectivity index (χ2v) is 6.35. The lowest BCUT2D eigenvalue weighted by Crippen LogP contribution is -2.38. The van der Waals surface area contributed by atoms with Gasteiger partial charge < -0.3 is 5.11 Å². The molecule has 0 aliphatic carbocycles. The van der Waals surface area contributed by atoms with Gasteiger partial charge in [-0.2, -0.15) is 0 Å². The van der Waals surface area contributed by atoms with Gasteiger partial charge in [0.25, 0.3) is 0 Å². The molecule has 2 rings (SSSR count). The first-order chi connectivity index (χ1) is 8.40. The topological polar surface area (TPSA) is 74.7 Å². The highest BCUT2D eigenvalue weighted by atomic mass is 32.2. The van der Waals surface area contributed by atoms with E-state index in [4.69, 9.17) is 5.11 Å². The van der Waals surface area contributed by atoms with Crippen molar-refractivity contribution in [1.82, 2.24) is 0 Å². The summed E-state index contributed by atoms with van der Waals surface area (Å²) in [6.45, 7) is 2.30. The molecule has 0 amide bonds. The Bertz CT molecular complexity index is 580. The maximum atomic E-state index is 12.0. The molecule has 0 aromatic heterocycles. The molecular formula is C12H15NO4S. The van der Waals surface area contributed by atoms with E-state index in [1.54, 1.807) is 6.07 Å². The number of anilines is 1. The summed E-state index contributed by atoms with van der Waals surface area (Å²) in [5.74, 6) is -2.19. The van der Waals surface area contributed by atoms with E-state index < -0.39 is 21.7 Å². The minimum atomic E-state index is -3.78. The average molecular weight is 269 g/mol. The molecule has 1 N–H and O–H groups in total. The van der Waals surface area contributed by atoms with E-state index in [1.165, 1.54) is 4.31 Å². The average Bonchev–Trinajstić information content (AvgIpc) is 2.26. The van der Waals surface area contributed by atoms with Crippen LogP contribution in [-0.4, -0.2) is 31.8 Å². The van der Waals surface area contributed by atoms with E-state index in [1.807, 2.05) is 19.1 Å². The Hall–Kier alpha value is -1.56. The molecule has 0 fully saturated rings. The summed E-state index contributed by atoms with van der Waals surface area (Å²) >= 11 is 0. The first-order valence-electron chi connectivity index (χ1n) is 5.72. The van der Waals surface area contributed by atoms with Crippen molar-refractivity contribution < 1.29 is 18.3 Å². The molecule has 6 heteroatoms. The van der Waals surface area contributed by atoms with E-state index >= 15 is 0 Å². The highest BCUT2D eigenvalue weighted by Crippen LogP contribution is 2.30. The monoisotopic (exact) mass is 269 g/mol. The third kappa shape index (κ3) is 2.48. The molecule has 0 saturated carbocycles. The first-order valence-corrected chi connectivity index (χ1v) is 7.33. The molecular weight excluding hydrogens is 254 g/mol. The van der Waals surface area contributed by atoms with Crippen LogP contribution >= 0.6 is 0 Å². The smallest absolute Gasteiger partial charge is 0.320 e. The van der Waals surface area contributed by atoms with Crippen LogP contribution in [0.2, 0.25) is 0 Å². The molecule has 0 spiro atoms. The Labute approximate surface area is 106 Å². The van der Waals surface area contributed by atoms with Crippen LogP contribution in [0, 0.1) is 6.92 Å². The minimum absolute atomic E-state index is 0.353. The molecule has 1 heterocycles. The lowest BCUT2D eigenvalue weighted by Gasteiger charge is -2.30. The van der Waals surface area contributed by atoms with Gasteiger partial charge >= 0.3 is 5.97 Å². The van der Waals surface area contributed by atoms with Crippen LogP contribution in [0.5, 0.6) is 0 Å². The van der Waals surface area contributed by atoms with Crippen LogP contribution in [-0.2, 0) is 21.2 Å². The molecule has 18 heavy (non-hydrogen) atoms. The number of fused-ring (bicyclic) bond motifs is 1. The van der Waals surface area contributed by atoms with Crippen LogP contribution in [0.1, 0.15) is 17.5 Å². The highest BCUT2D eigenvalue weighted by molar-refractivity contribution is 7.93. The third-order valence-electron chi connectivity index (χ3n) is 2.95. The van der Waals surface area contributed by atoms with Crippen molar-refractivity contribution in [3.8, 4) is 0 Å². The van der Waals surface area contributed by atoms with Crippen LogP contribution < -0.4 is 4.31 Å². The summed E-state index contributed by atoms with van der Waals surface area (Å²) in [5.41, 5.74) is 2.66. The Morgan fingerprint density at radius 3 is 2.83 bits per heavy atom. The molecule has 0 radical (unpaired) electrons. The van der Waals surface area contributed by atoms with Gasteiger partial charge in [-0.15, -0.1) is 0 Å². The number of rotatable bonds is 3. The zero-order chi connectivity index (χ0) is 13.3. The van der Waals surface area contributed by atoms with E-state index in [0.717, 1.165) is 24.0 Å².